The van der Waals surface area contributed by atoms with Gasteiger partial charge in [-0.3, -0.25) is 14.9 Å². The van der Waals surface area contributed by atoms with Gasteiger partial charge in [0.2, 0.25) is 5.91 Å². The maximum Gasteiger partial charge on any atom is 0.324 e. The minimum absolute atomic E-state index is 0.0813. The van der Waals surface area contributed by atoms with Crippen molar-refractivity contribution >= 4 is 17.9 Å². The van der Waals surface area contributed by atoms with Crippen LogP contribution in [0.15, 0.2) is 0 Å². The molecule has 0 aromatic heterocycles. The van der Waals surface area contributed by atoms with Gasteiger partial charge in [0.15, 0.2) is 6.10 Å². The van der Waals surface area contributed by atoms with Crippen LogP contribution in [0.25, 0.3) is 0 Å². The molecule has 1 aliphatic rings. The van der Waals surface area contributed by atoms with Crippen LogP contribution < -0.4 is 5.32 Å². The lowest BCUT2D eigenvalue weighted by atomic mass is 9.89. The Bertz CT molecular complexity index is 454. The first kappa shape index (κ1) is 15.9. The van der Waals surface area contributed by atoms with Crippen LogP contribution in [0.1, 0.15) is 20.3 Å². The van der Waals surface area contributed by atoms with Crippen molar-refractivity contribution in [2.45, 2.75) is 26.4 Å². The number of carbonyl (C=O) groups is 3. The van der Waals surface area contributed by atoms with Crippen LogP contribution in [-0.2, 0) is 14.3 Å². The van der Waals surface area contributed by atoms with E-state index in [1.54, 1.807) is 0 Å². The van der Waals surface area contributed by atoms with Crippen molar-refractivity contribution in [2.24, 2.45) is 5.41 Å². The highest BCUT2D eigenvalue weighted by Gasteiger charge is 2.32. The number of morpholine rings is 1. The molecule has 1 rings (SSSR count). The molecule has 110 valence electrons. The van der Waals surface area contributed by atoms with Gasteiger partial charge in [0.05, 0.1) is 24.6 Å². The fraction of sp³-hybridized carbons (Fsp3) is 0.667. The highest BCUT2D eigenvalue weighted by Crippen LogP contribution is 2.20. The molecule has 1 saturated heterocycles. The number of aliphatic carboxylic acids is 1. The van der Waals surface area contributed by atoms with E-state index in [-0.39, 0.29) is 26.1 Å². The van der Waals surface area contributed by atoms with E-state index in [0.29, 0.717) is 0 Å². The van der Waals surface area contributed by atoms with Crippen molar-refractivity contribution in [2.75, 3.05) is 19.7 Å². The van der Waals surface area contributed by atoms with Gasteiger partial charge in [0.25, 0.3) is 0 Å². The molecule has 1 unspecified atom stereocenters. The Hall–Kier alpha value is -2.14. The Kier molecular flexibility index (Phi) is 5.05. The summed E-state index contributed by atoms with van der Waals surface area (Å²) in [5.74, 6) is -1.78. The number of nitrogens with zero attached hydrogens (tertiary/aromatic N) is 2. The smallest absolute Gasteiger partial charge is 0.324 e. The molecule has 8 heteroatoms. The molecule has 2 N–H and O–H groups in total. The lowest BCUT2D eigenvalue weighted by molar-refractivity contribution is -0.149. The van der Waals surface area contributed by atoms with E-state index in [9.17, 15) is 14.4 Å². The summed E-state index contributed by atoms with van der Waals surface area (Å²) in [6.45, 7) is 3.39. The number of hydrogen-bond acceptors (Lipinski definition) is 5. The normalized spacial score (nSPS) is 19.1. The van der Waals surface area contributed by atoms with Gasteiger partial charge < -0.3 is 14.7 Å². The lowest BCUT2D eigenvalue weighted by Gasteiger charge is -2.29. The van der Waals surface area contributed by atoms with Crippen LogP contribution in [0, 0.1) is 16.7 Å². The van der Waals surface area contributed by atoms with E-state index in [4.69, 9.17) is 15.1 Å². The lowest BCUT2D eigenvalue weighted by Crippen LogP contribution is -2.51. The molecule has 0 saturated carbocycles. The minimum atomic E-state index is -1.25. The number of ether oxygens (including phenoxy) is 1. The van der Waals surface area contributed by atoms with Crippen LogP contribution in [-0.4, -0.2) is 53.7 Å². The highest BCUT2D eigenvalue weighted by molar-refractivity contribution is 5.96. The summed E-state index contributed by atoms with van der Waals surface area (Å²) < 4.78 is 5.08. The zero-order valence-corrected chi connectivity index (χ0v) is 11.4. The van der Waals surface area contributed by atoms with Gasteiger partial charge in [-0.2, -0.15) is 5.26 Å². The first-order valence-electron chi connectivity index (χ1n) is 6.09. The second-order valence-electron chi connectivity index (χ2n) is 5.15. The topological polar surface area (TPSA) is 120 Å². The molecule has 1 aliphatic heterocycles. The first-order chi connectivity index (χ1) is 9.26. The fourth-order valence-electron chi connectivity index (χ4n) is 1.63. The van der Waals surface area contributed by atoms with Gasteiger partial charge >= 0.3 is 12.0 Å². The molecule has 0 bridgehead atoms. The molecule has 1 fully saturated rings. The number of carboxylic acids is 1. The van der Waals surface area contributed by atoms with Crippen molar-refractivity contribution in [3.8, 4) is 6.07 Å². The maximum absolute atomic E-state index is 11.8. The van der Waals surface area contributed by atoms with E-state index in [0.717, 1.165) is 0 Å². The number of rotatable bonds is 3. The van der Waals surface area contributed by atoms with E-state index < -0.39 is 29.4 Å². The number of carboxylic acid groups (broad SMARTS) is 1. The molecule has 0 aromatic rings. The molecule has 3 amide bonds. The largest absolute Gasteiger partial charge is 0.481 e. The number of nitrogens with one attached hydrogen (secondary N) is 1. The summed E-state index contributed by atoms with van der Waals surface area (Å²) in [4.78, 5) is 35.6. The van der Waals surface area contributed by atoms with Crippen molar-refractivity contribution < 1.29 is 24.2 Å². The Labute approximate surface area is 116 Å². The zero-order valence-electron chi connectivity index (χ0n) is 11.4. The summed E-state index contributed by atoms with van der Waals surface area (Å²) in [5.41, 5.74) is -1.25. The third-order valence-corrected chi connectivity index (χ3v) is 2.93. The van der Waals surface area contributed by atoms with Crippen molar-refractivity contribution in [1.29, 1.82) is 5.26 Å². The number of carbonyl (C=O) groups excluding carboxylic acids is 2. The molecule has 0 aromatic carbocycles. The number of hydrogen-bond donors (Lipinski definition) is 2. The van der Waals surface area contributed by atoms with Gasteiger partial charge in [-0.1, -0.05) is 0 Å². The fourth-order valence-corrected chi connectivity index (χ4v) is 1.63. The Morgan fingerprint density at radius 2 is 2.15 bits per heavy atom. The summed E-state index contributed by atoms with van der Waals surface area (Å²) in [5, 5.41) is 19.8. The molecule has 0 aliphatic carbocycles. The molecule has 8 nitrogen and oxygen atoms in total. The van der Waals surface area contributed by atoms with Gasteiger partial charge in [-0.15, -0.1) is 0 Å². The van der Waals surface area contributed by atoms with E-state index >= 15 is 0 Å². The second-order valence-corrected chi connectivity index (χ2v) is 5.15. The number of imide groups is 1. The molecule has 0 radical (unpaired) electrons. The number of amides is 3. The molecule has 0 spiro atoms. The monoisotopic (exact) mass is 283 g/mol. The van der Waals surface area contributed by atoms with Crippen LogP contribution >= 0.6 is 0 Å². The SMILES string of the molecule is CC(C)(CC(=O)NC(=O)N1CCOC(C#N)C1)C(=O)O. The van der Waals surface area contributed by atoms with Crippen LogP contribution in [0.5, 0.6) is 0 Å². The maximum atomic E-state index is 11.8. The third-order valence-electron chi connectivity index (χ3n) is 2.93. The summed E-state index contributed by atoms with van der Waals surface area (Å²) in [6.07, 6.45) is -1.01. The van der Waals surface area contributed by atoms with Gasteiger partial charge in [0.1, 0.15) is 0 Å². The predicted octanol–water partition coefficient (Wildman–Crippen LogP) is -0.0521. The highest BCUT2D eigenvalue weighted by atomic mass is 16.5. The van der Waals surface area contributed by atoms with Crippen LogP contribution in [0.4, 0.5) is 4.79 Å². The van der Waals surface area contributed by atoms with E-state index in [1.165, 1.54) is 18.7 Å². The van der Waals surface area contributed by atoms with Crippen LogP contribution in [0.3, 0.4) is 0 Å². The van der Waals surface area contributed by atoms with E-state index in [1.807, 2.05) is 6.07 Å². The van der Waals surface area contributed by atoms with Crippen molar-refractivity contribution in [3.05, 3.63) is 0 Å². The van der Waals surface area contributed by atoms with Gasteiger partial charge in [0, 0.05) is 13.0 Å². The Morgan fingerprint density at radius 1 is 1.50 bits per heavy atom. The van der Waals surface area contributed by atoms with E-state index in [2.05, 4.69) is 5.32 Å². The quantitative estimate of drug-likeness (QED) is 0.749. The molecule has 1 atom stereocenters. The predicted molar refractivity (Wildman–Crippen MR) is 66.5 cm³/mol. The standard InChI is InChI=1S/C12H17N3O5/c1-12(2,10(17)18)5-9(16)14-11(19)15-3-4-20-8(6-13)7-15/h8H,3-5,7H2,1-2H3,(H,17,18)(H,14,16,19). The Balaban J connectivity index is 2.52. The summed E-state index contributed by atoms with van der Waals surface area (Å²) >= 11 is 0. The molecule has 1 heterocycles. The molecule has 20 heavy (non-hydrogen) atoms. The average Bonchev–Trinajstić information content (AvgIpc) is 2.37. The average molecular weight is 283 g/mol. The van der Waals surface area contributed by atoms with Crippen LogP contribution in [0.2, 0.25) is 0 Å². The zero-order chi connectivity index (χ0) is 15.3. The number of urea groups is 1. The number of nitriles is 1. The van der Waals surface area contributed by atoms with Gasteiger partial charge in [-0.25, -0.2) is 4.79 Å². The van der Waals surface area contributed by atoms with Gasteiger partial charge in [-0.05, 0) is 13.8 Å². The molecular formula is C12H17N3O5. The second kappa shape index (κ2) is 6.34. The third kappa shape index (κ3) is 4.20. The minimum Gasteiger partial charge on any atom is -0.481 e. The van der Waals surface area contributed by atoms with Crippen molar-refractivity contribution in [3.63, 3.8) is 0 Å². The Morgan fingerprint density at radius 3 is 2.70 bits per heavy atom. The van der Waals surface area contributed by atoms with Crippen molar-refractivity contribution in [1.82, 2.24) is 10.2 Å². The molecular weight excluding hydrogens is 266 g/mol. The summed E-state index contributed by atoms with van der Waals surface area (Å²) in [7, 11) is 0. The summed E-state index contributed by atoms with van der Waals surface area (Å²) in [6, 6.07) is 1.25. The first-order valence-corrected chi connectivity index (χ1v) is 6.09.